The number of nitrogens with zero attached hydrogens (tertiary/aromatic N) is 3. The predicted molar refractivity (Wildman–Crippen MR) is 64.5 cm³/mol. The molecule has 1 fully saturated rings. The Hall–Kier alpha value is -1.58. The van der Waals surface area contributed by atoms with E-state index in [4.69, 9.17) is 0 Å². The van der Waals surface area contributed by atoms with Crippen LogP contribution >= 0.6 is 0 Å². The molecule has 3 heterocycles. The van der Waals surface area contributed by atoms with Gasteiger partial charge in [0.25, 0.3) is 0 Å². The van der Waals surface area contributed by atoms with E-state index in [9.17, 15) is 0 Å². The van der Waals surface area contributed by atoms with Crippen LogP contribution in [0.2, 0.25) is 0 Å². The van der Waals surface area contributed by atoms with Crippen LogP contribution in [-0.2, 0) is 0 Å². The van der Waals surface area contributed by atoms with Crippen LogP contribution in [0.3, 0.4) is 0 Å². The molecule has 2 aromatic heterocycles. The molecule has 0 spiro atoms. The number of rotatable bonds is 2. The van der Waals surface area contributed by atoms with Gasteiger partial charge in [0.1, 0.15) is 17.8 Å². The second kappa shape index (κ2) is 3.77. The van der Waals surface area contributed by atoms with Gasteiger partial charge in [0.15, 0.2) is 0 Å². The molecule has 0 aliphatic carbocycles. The zero-order valence-corrected chi connectivity index (χ0v) is 9.48. The molecule has 4 nitrogen and oxygen atoms in total. The fourth-order valence-electron chi connectivity index (χ4n) is 2.63. The van der Waals surface area contributed by atoms with Crippen molar-refractivity contribution >= 4 is 16.9 Å². The molecule has 1 N–H and O–H groups in total. The van der Waals surface area contributed by atoms with Crippen molar-refractivity contribution in [2.24, 2.45) is 0 Å². The highest BCUT2D eigenvalue weighted by molar-refractivity contribution is 5.87. The van der Waals surface area contributed by atoms with Gasteiger partial charge < -0.3 is 9.88 Å². The van der Waals surface area contributed by atoms with Crippen LogP contribution in [0.15, 0.2) is 18.6 Å². The molecule has 1 saturated heterocycles. The van der Waals surface area contributed by atoms with Crippen LogP contribution in [0.25, 0.3) is 11.0 Å². The first-order chi connectivity index (χ1) is 7.90. The normalized spacial score (nSPS) is 20.8. The summed E-state index contributed by atoms with van der Waals surface area (Å²) in [6, 6.07) is 2.71. The topological polar surface area (TPSA) is 44.8 Å². The maximum absolute atomic E-state index is 4.45. The van der Waals surface area contributed by atoms with Gasteiger partial charge in [0, 0.05) is 18.8 Å². The van der Waals surface area contributed by atoms with Gasteiger partial charge in [-0.3, -0.25) is 0 Å². The Morgan fingerprint density at radius 3 is 3.31 bits per heavy atom. The molecule has 1 unspecified atom stereocenters. The summed E-state index contributed by atoms with van der Waals surface area (Å²) < 4.78 is 0. The van der Waals surface area contributed by atoms with Crippen molar-refractivity contribution in [3.8, 4) is 0 Å². The number of hydrogen-bond acceptors (Lipinski definition) is 3. The lowest BCUT2D eigenvalue weighted by Gasteiger charge is -2.24. The number of aromatic amines is 1. The molecule has 1 aliphatic rings. The first kappa shape index (κ1) is 9.63. The molecule has 1 aliphatic heterocycles. The first-order valence-corrected chi connectivity index (χ1v) is 5.95. The summed E-state index contributed by atoms with van der Waals surface area (Å²) in [5.74, 6) is 1.09. The van der Waals surface area contributed by atoms with Crippen LogP contribution in [0.1, 0.15) is 26.2 Å². The van der Waals surface area contributed by atoms with Gasteiger partial charge in [-0.25, -0.2) is 9.97 Å². The third-order valence-electron chi connectivity index (χ3n) is 3.45. The quantitative estimate of drug-likeness (QED) is 0.838. The van der Waals surface area contributed by atoms with Crippen molar-refractivity contribution in [1.82, 2.24) is 15.0 Å². The lowest BCUT2D eigenvalue weighted by Crippen LogP contribution is -2.29. The Labute approximate surface area is 94.7 Å². The van der Waals surface area contributed by atoms with Crippen LogP contribution < -0.4 is 4.90 Å². The zero-order chi connectivity index (χ0) is 11.0. The van der Waals surface area contributed by atoms with Crippen molar-refractivity contribution in [2.75, 3.05) is 11.4 Å². The highest BCUT2D eigenvalue weighted by Crippen LogP contribution is 2.30. The molecule has 4 heteroatoms. The van der Waals surface area contributed by atoms with E-state index in [-0.39, 0.29) is 0 Å². The summed E-state index contributed by atoms with van der Waals surface area (Å²) in [4.78, 5) is 14.3. The highest BCUT2D eigenvalue weighted by atomic mass is 15.2. The third kappa shape index (κ3) is 1.37. The molecule has 1 atom stereocenters. The van der Waals surface area contributed by atoms with Crippen LogP contribution in [-0.4, -0.2) is 27.5 Å². The number of aromatic nitrogens is 3. The predicted octanol–water partition coefficient (Wildman–Crippen LogP) is 2.34. The number of nitrogens with one attached hydrogen (secondary N) is 1. The molecular weight excluding hydrogens is 200 g/mol. The number of anilines is 1. The van der Waals surface area contributed by atoms with Gasteiger partial charge in [0.05, 0.1) is 5.39 Å². The Morgan fingerprint density at radius 2 is 2.44 bits per heavy atom. The van der Waals surface area contributed by atoms with Gasteiger partial charge in [-0.05, 0) is 25.3 Å². The van der Waals surface area contributed by atoms with Crippen molar-refractivity contribution < 1.29 is 0 Å². The largest absolute Gasteiger partial charge is 0.353 e. The Balaban J connectivity index is 2.07. The Bertz CT molecular complexity index is 490. The third-order valence-corrected chi connectivity index (χ3v) is 3.45. The molecule has 3 rings (SSSR count). The molecule has 2 aromatic rings. The monoisotopic (exact) mass is 216 g/mol. The Morgan fingerprint density at radius 1 is 1.50 bits per heavy atom. The Kier molecular flexibility index (Phi) is 2.27. The number of H-pyrrole nitrogens is 1. The fourth-order valence-corrected chi connectivity index (χ4v) is 2.63. The van der Waals surface area contributed by atoms with E-state index in [2.05, 4.69) is 32.8 Å². The van der Waals surface area contributed by atoms with Gasteiger partial charge in [0.2, 0.25) is 0 Å². The second-order valence-corrected chi connectivity index (χ2v) is 4.33. The molecule has 0 bridgehead atoms. The summed E-state index contributed by atoms with van der Waals surface area (Å²) in [6.45, 7) is 3.37. The van der Waals surface area contributed by atoms with E-state index in [1.807, 2.05) is 6.20 Å². The summed E-state index contributed by atoms with van der Waals surface area (Å²) in [5, 5.41) is 1.14. The smallest absolute Gasteiger partial charge is 0.142 e. The minimum atomic E-state index is 0.646. The van der Waals surface area contributed by atoms with E-state index < -0.39 is 0 Å². The van der Waals surface area contributed by atoms with Crippen LogP contribution in [0.4, 0.5) is 5.82 Å². The zero-order valence-electron chi connectivity index (χ0n) is 9.48. The van der Waals surface area contributed by atoms with E-state index in [0.29, 0.717) is 6.04 Å². The van der Waals surface area contributed by atoms with Crippen LogP contribution in [0, 0.1) is 0 Å². The number of hydrogen-bond donors (Lipinski definition) is 1. The summed E-state index contributed by atoms with van der Waals surface area (Å²) in [6.07, 6.45) is 7.33. The van der Waals surface area contributed by atoms with E-state index in [0.717, 1.165) is 23.4 Å². The lowest BCUT2D eigenvalue weighted by molar-refractivity contribution is 0.642. The molecule has 0 radical (unpaired) electrons. The highest BCUT2D eigenvalue weighted by Gasteiger charge is 2.25. The van der Waals surface area contributed by atoms with Gasteiger partial charge >= 0.3 is 0 Å². The van der Waals surface area contributed by atoms with Crippen molar-refractivity contribution in [3.05, 3.63) is 18.6 Å². The van der Waals surface area contributed by atoms with Crippen molar-refractivity contribution in [3.63, 3.8) is 0 Å². The minimum Gasteiger partial charge on any atom is -0.353 e. The standard InChI is InChI=1S/C12H16N4/c1-2-9-4-3-7-16(9)12-10-5-6-13-11(10)14-8-15-12/h5-6,8-9H,2-4,7H2,1H3,(H,13,14,15). The van der Waals surface area contributed by atoms with E-state index in [1.165, 1.54) is 19.3 Å². The van der Waals surface area contributed by atoms with Crippen molar-refractivity contribution in [2.45, 2.75) is 32.2 Å². The summed E-state index contributed by atoms with van der Waals surface area (Å²) >= 11 is 0. The lowest BCUT2D eigenvalue weighted by atomic mass is 10.1. The molecule has 0 amide bonds. The summed E-state index contributed by atoms with van der Waals surface area (Å²) in [5.41, 5.74) is 0.937. The average molecular weight is 216 g/mol. The minimum absolute atomic E-state index is 0.646. The average Bonchev–Trinajstić information content (AvgIpc) is 2.96. The van der Waals surface area contributed by atoms with E-state index >= 15 is 0 Å². The van der Waals surface area contributed by atoms with E-state index in [1.54, 1.807) is 6.33 Å². The SMILES string of the molecule is CCC1CCCN1c1ncnc2[nH]ccc12. The summed E-state index contributed by atoms with van der Waals surface area (Å²) in [7, 11) is 0. The van der Waals surface area contributed by atoms with Crippen molar-refractivity contribution in [1.29, 1.82) is 0 Å². The molecular formula is C12H16N4. The van der Waals surface area contributed by atoms with Crippen LogP contribution in [0.5, 0.6) is 0 Å². The fraction of sp³-hybridized carbons (Fsp3) is 0.500. The molecule has 84 valence electrons. The molecule has 0 aromatic carbocycles. The number of fused-ring (bicyclic) bond motifs is 1. The molecule has 16 heavy (non-hydrogen) atoms. The van der Waals surface area contributed by atoms with Gasteiger partial charge in [-0.2, -0.15) is 0 Å². The second-order valence-electron chi connectivity index (χ2n) is 4.33. The molecule has 0 saturated carbocycles. The first-order valence-electron chi connectivity index (χ1n) is 5.95. The maximum Gasteiger partial charge on any atom is 0.142 e. The van der Waals surface area contributed by atoms with Gasteiger partial charge in [-0.1, -0.05) is 6.92 Å². The maximum atomic E-state index is 4.45. The van der Waals surface area contributed by atoms with Gasteiger partial charge in [-0.15, -0.1) is 0 Å².